The monoisotopic (exact) mass is 368 g/mol. The number of fused-ring (bicyclic) bond motifs is 1. The van der Waals surface area contributed by atoms with Crippen LogP contribution in [-0.2, 0) is 7.05 Å². The van der Waals surface area contributed by atoms with Crippen molar-refractivity contribution in [2.75, 3.05) is 43.5 Å². The van der Waals surface area contributed by atoms with E-state index in [4.69, 9.17) is 4.74 Å². The van der Waals surface area contributed by atoms with Crippen molar-refractivity contribution in [1.29, 1.82) is 0 Å². The number of carbonyl (C=O) groups is 1. The van der Waals surface area contributed by atoms with Crippen LogP contribution in [0, 0.1) is 0 Å². The molecule has 1 aliphatic heterocycles. The number of benzene rings is 1. The van der Waals surface area contributed by atoms with Crippen LogP contribution in [0.15, 0.2) is 30.6 Å². The fraction of sp³-hybridized carbons (Fsp3) is 0.353. The number of anilines is 2. The van der Waals surface area contributed by atoms with E-state index in [1.54, 1.807) is 23.7 Å². The number of nitrogens with one attached hydrogen (secondary N) is 1. The summed E-state index contributed by atoms with van der Waals surface area (Å²) in [6.07, 6.45) is 1.52. The first-order valence-corrected chi connectivity index (χ1v) is 8.61. The maximum atomic E-state index is 12.6. The lowest BCUT2D eigenvalue weighted by Crippen LogP contribution is -2.50. The second-order valence-electron chi connectivity index (χ2n) is 6.19. The highest BCUT2D eigenvalue weighted by molar-refractivity contribution is 5.91. The molecule has 2 aromatic heterocycles. The molecule has 140 valence electrons. The standard InChI is InChI=1S/C17H20N8O2/c1-23-15-14(21-22-23)16(19-11-18-15)24-7-9-25(10-8-24)17(26)20-12-5-3-4-6-13(12)27-2/h3-6,11H,7-10H2,1-2H3,(H,20,26). The van der Waals surface area contributed by atoms with Crippen LogP contribution < -0.4 is 15.0 Å². The van der Waals surface area contributed by atoms with Crippen molar-refractivity contribution < 1.29 is 9.53 Å². The number of ether oxygens (including phenoxy) is 1. The Labute approximate surface area is 155 Å². The first-order chi connectivity index (χ1) is 13.2. The summed E-state index contributed by atoms with van der Waals surface area (Å²) >= 11 is 0. The van der Waals surface area contributed by atoms with Gasteiger partial charge in [0.2, 0.25) is 0 Å². The molecule has 0 radical (unpaired) electrons. The second-order valence-corrected chi connectivity index (χ2v) is 6.19. The van der Waals surface area contributed by atoms with Gasteiger partial charge in [-0.1, -0.05) is 17.3 Å². The summed E-state index contributed by atoms with van der Waals surface area (Å²) in [5.74, 6) is 1.38. The molecule has 3 heterocycles. The number of hydrogen-bond acceptors (Lipinski definition) is 7. The fourth-order valence-electron chi connectivity index (χ4n) is 3.14. The molecule has 2 amide bonds. The van der Waals surface area contributed by atoms with Crippen LogP contribution in [0.25, 0.3) is 11.2 Å². The summed E-state index contributed by atoms with van der Waals surface area (Å²) in [5.41, 5.74) is 2.02. The van der Waals surface area contributed by atoms with Gasteiger partial charge in [0.05, 0.1) is 12.8 Å². The molecule has 1 N–H and O–H groups in total. The molecule has 10 nitrogen and oxygen atoms in total. The predicted octanol–water partition coefficient (Wildman–Crippen LogP) is 1.12. The van der Waals surface area contributed by atoms with Gasteiger partial charge in [0.1, 0.15) is 12.1 Å². The van der Waals surface area contributed by atoms with Gasteiger partial charge < -0.3 is 19.9 Å². The number of aromatic nitrogens is 5. The predicted molar refractivity (Wildman–Crippen MR) is 99.9 cm³/mol. The van der Waals surface area contributed by atoms with Crippen molar-refractivity contribution in [3.63, 3.8) is 0 Å². The summed E-state index contributed by atoms with van der Waals surface area (Å²) in [6, 6.07) is 7.21. The van der Waals surface area contributed by atoms with E-state index >= 15 is 0 Å². The number of carbonyl (C=O) groups excluding carboxylic acids is 1. The van der Waals surface area contributed by atoms with Crippen LogP contribution in [-0.4, -0.2) is 69.2 Å². The Morgan fingerprint density at radius 3 is 2.70 bits per heavy atom. The highest BCUT2D eigenvalue weighted by Gasteiger charge is 2.24. The normalized spacial score (nSPS) is 14.4. The first kappa shape index (κ1) is 17.0. The van der Waals surface area contributed by atoms with Gasteiger partial charge in [0, 0.05) is 33.2 Å². The summed E-state index contributed by atoms with van der Waals surface area (Å²) in [5, 5.41) is 11.1. The Kier molecular flexibility index (Phi) is 4.45. The zero-order valence-electron chi connectivity index (χ0n) is 15.2. The van der Waals surface area contributed by atoms with E-state index in [9.17, 15) is 4.79 Å². The van der Waals surface area contributed by atoms with Crippen LogP contribution in [0.3, 0.4) is 0 Å². The molecule has 1 fully saturated rings. The Bertz CT molecular complexity index is 964. The minimum absolute atomic E-state index is 0.147. The number of urea groups is 1. The third kappa shape index (κ3) is 3.21. The minimum Gasteiger partial charge on any atom is -0.495 e. The molecular formula is C17H20N8O2. The van der Waals surface area contributed by atoms with E-state index in [0.717, 1.165) is 5.82 Å². The number of amides is 2. The Hall–Kier alpha value is -3.43. The van der Waals surface area contributed by atoms with Crippen LogP contribution in [0.5, 0.6) is 5.75 Å². The highest BCUT2D eigenvalue weighted by Crippen LogP contribution is 2.24. The van der Waals surface area contributed by atoms with E-state index in [-0.39, 0.29) is 6.03 Å². The molecule has 1 aliphatic rings. The Morgan fingerprint density at radius 1 is 1.15 bits per heavy atom. The molecule has 0 atom stereocenters. The topological polar surface area (TPSA) is 101 Å². The van der Waals surface area contributed by atoms with Crippen molar-refractivity contribution in [3.8, 4) is 5.75 Å². The van der Waals surface area contributed by atoms with Crippen molar-refractivity contribution in [3.05, 3.63) is 30.6 Å². The number of methoxy groups -OCH3 is 1. The largest absolute Gasteiger partial charge is 0.495 e. The SMILES string of the molecule is COc1ccccc1NC(=O)N1CCN(c2ncnc3c2nnn3C)CC1. The third-order valence-electron chi connectivity index (χ3n) is 4.58. The molecule has 1 aromatic carbocycles. The number of rotatable bonds is 3. The van der Waals surface area contributed by atoms with Gasteiger partial charge >= 0.3 is 6.03 Å². The van der Waals surface area contributed by atoms with E-state index in [2.05, 4.69) is 30.5 Å². The van der Waals surface area contributed by atoms with Gasteiger partial charge in [-0.15, -0.1) is 5.10 Å². The molecule has 27 heavy (non-hydrogen) atoms. The van der Waals surface area contributed by atoms with Gasteiger partial charge in [0.15, 0.2) is 17.0 Å². The van der Waals surface area contributed by atoms with Gasteiger partial charge in [-0.2, -0.15) is 0 Å². The molecule has 0 saturated carbocycles. The van der Waals surface area contributed by atoms with Gasteiger partial charge in [-0.3, -0.25) is 0 Å². The van der Waals surface area contributed by atoms with Crippen LogP contribution in [0.1, 0.15) is 0 Å². The van der Waals surface area contributed by atoms with Crippen molar-refractivity contribution in [2.45, 2.75) is 0 Å². The summed E-state index contributed by atoms with van der Waals surface area (Å²) in [4.78, 5) is 25.0. The highest BCUT2D eigenvalue weighted by atomic mass is 16.5. The maximum absolute atomic E-state index is 12.6. The smallest absolute Gasteiger partial charge is 0.322 e. The molecule has 0 aliphatic carbocycles. The zero-order chi connectivity index (χ0) is 18.8. The van der Waals surface area contributed by atoms with Gasteiger partial charge in [-0.05, 0) is 12.1 Å². The molecular weight excluding hydrogens is 348 g/mol. The summed E-state index contributed by atoms with van der Waals surface area (Å²) in [6.45, 7) is 2.46. The lowest BCUT2D eigenvalue weighted by Gasteiger charge is -2.35. The number of nitrogens with zero attached hydrogens (tertiary/aromatic N) is 7. The lowest BCUT2D eigenvalue weighted by molar-refractivity contribution is 0.208. The second kappa shape index (κ2) is 7.06. The lowest BCUT2D eigenvalue weighted by atomic mass is 10.3. The number of aryl methyl sites for hydroxylation is 1. The summed E-state index contributed by atoms with van der Waals surface area (Å²) < 4.78 is 6.90. The van der Waals surface area contributed by atoms with E-state index in [1.807, 2.05) is 24.3 Å². The fourth-order valence-corrected chi connectivity index (χ4v) is 3.14. The van der Waals surface area contributed by atoms with E-state index in [0.29, 0.717) is 48.8 Å². The summed E-state index contributed by atoms with van der Waals surface area (Å²) in [7, 11) is 3.38. The van der Waals surface area contributed by atoms with Gasteiger partial charge in [0.25, 0.3) is 0 Å². The number of hydrogen-bond donors (Lipinski definition) is 1. The molecule has 0 spiro atoms. The maximum Gasteiger partial charge on any atom is 0.322 e. The average Bonchev–Trinajstić information content (AvgIpc) is 3.10. The first-order valence-electron chi connectivity index (χ1n) is 8.61. The van der Waals surface area contributed by atoms with Crippen molar-refractivity contribution in [1.82, 2.24) is 29.9 Å². The molecule has 0 bridgehead atoms. The molecule has 1 saturated heterocycles. The van der Waals surface area contributed by atoms with Gasteiger partial charge in [-0.25, -0.2) is 19.4 Å². The van der Waals surface area contributed by atoms with Crippen LogP contribution in [0.2, 0.25) is 0 Å². The molecule has 0 unspecified atom stereocenters. The van der Waals surface area contributed by atoms with Crippen molar-refractivity contribution in [2.24, 2.45) is 7.05 Å². The number of para-hydroxylation sites is 2. The van der Waals surface area contributed by atoms with E-state index < -0.39 is 0 Å². The number of piperazine rings is 1. The Balaban J connectivity index is 1.43. The Morgan fingerprint density at radius 2 is 1.93 bits per heavy atom. The zero-order valence-corrected chi connectivity index (χ0v) is 15.2. The molecule has 4 rings (SSSR count). The molecule has 3 aromatic rings. The molecule has 10 heteroatoms. The van der Waals surface area contributed by atoms with Crippen molar-refractivity contribution >= 4 is 28.7 Å². The average molecular weight is 368 g/mol. The van der Waals surface area contributed by atoms with Crippen LogP contribution in [0.4, 0.5) is 16.3 Å². The van der Waals surface area contributed by atoms with Crippen LogP contribution >= 0.6 is 0 Å². The van der Waals surface area contributed by atoms with E-state index in [1.165, 1.54) is 6.33 Å². The quantitative estimate of drug-likeness (QED) is 0.739. The minimum atomic E-state index is -0.147. The third-order valence-corrected chi connectivity index (χ3v) is 4.58.